The minimum absolute atomic E-state index is 0.0704. The van der Waals surface area contributed by atoms with Crippen molar-refractivity contribution in [3.63, 3.8) is 0 Å². The van der Waals surface area contributed by atoms with E-state index in [4.69, 9.17) is 4.74 Å². The normalized spacial score (nSPS) is 31.0. The van der Waals surface area contributed by atoms with Gasteiger partial charge in [-0.3, -0.25) is 14.4 Å². The fraction of sp³-hybridized carbons (Fsp3) is 0.629. The molecule has 1 spiro atoms. The number of rotatable bonds is 11. The Hall–Kier alpha value is -3.17. The summed E-state index contributed by atoms with van der Waals surface area (Å²) >= 11 is 0. The Morgan fingerprint density at radius 3 is 2.20 bits per heavy atom. The first-order valence-corrected chi connectivity index (χ1v) is 16.6. The van der Waals surface area contributed by atoms with Crippen molar-refractivity contribution in [2.24, 2.45) is 17.8 Å². The van der Waals surface area contributed by atoms with E-state index in [9.17, 15) is 19.5 Å². The molecule has 4 aliphatic rings. The second-order valence-corrected chi connectivity index (χ2v) is 12.7. The first kappa shape index (κ1) is 32.2. The number of ether oxygens (including phenoxy) is 1. The molecule has 240 valence electrons. The van der Waals surface area contributed by atoms with Crippen LogP contribution in [-0.4, -0.2) is 95.2 Å². The van der Waals surface area contributed by atoms with E-state index in [-0.39, 0.29) is 30.2 Å². The number of anilines is 2. The maximum atomic E-state index is 14.9. The number of likely N-dealkylation sites (tertiary alicyclic amines) is 1. The highest BCUT2D eigenvalue weighted by Gasteiger charge is 2.76. The maximum Gasteiger partial charge on any atom is 0.253 e. The first-order chi connectivity index (χ1) is 21.2. The summed E-state index contributed by atoms with van der Waals surface area (Å²) in [4.78, 5) is 51.4. The number of hydrogen-bond acceptors (Lipinski definition) is 6. The molecule has 3 amide bonds. The first-order valence-electron chi connectivity index (χ1n) is 16.6. The smallest absolute Gasteiger partial charge is 0.253 e. The van der Waals surface area contributed by atoms with E-state index in [1.807, 2.05) is 81.2 Å². The zero-order valence-corrected chi connectivity index (χ0v) is 27.2. The summed E-state index contributed by atoms with van der Waals surface area (Å²) in [5, 5.41) is 10.7. The van der Waals surface area contributed by atoms with Gasteiger partial charge in [-0.1, -0.05) is 58.4 Å². The van der Waals surface area contributed by atoms with Crippen molar-refractivity contribution in [1.82, 2.24) is 9.80 Å². The van der Waals surface area contributed by atoms with Crippen molar-refractivity contribution in [1.29, 1.82) is 0 Å². The molecule has 0 aliphatic carbocycles. The fourth-order valence-corrected chi connectivity index (χ4v) is 8.06. The molecule has 44 heavy (non-hydrogen) atoms. The molecule has 1 aromatic carbocycles. The molecule has 2 saturated heterocycles. The Kier molecular flexibility index (Phi) is 9.29. The van der Waals surface area contributed by atoms with Gasteiger partial charge in [0.15, 0.2) is 0 Å². The standard InChI is InChI=1S/C35H50N4O5/c1-7-20-37-21-12-18-34(9-3)28(31(37)41)29-32(42)39(27(23-40)24(6)8-2)30-33(43)38(22-13-19-35(29,30)44-34)26-16-14-25(15-17-26)36(10-4)11-5/h12-19,24,27-30,40H,7-11,20-23H2,1-6H3/t24-,27-,28+,29-,30?,34-,35-/m0/s1. The van der Waals surface area contributed by atoms with Gasteiger partial charge in [-0.2, -0.15) is 0 Å². The number of nitrogens with zero attached hydrogens (tertiary/aromatic N) is 4. The van der Waals surface area contributed by atoms with E-state index < -0.39 is 35.1 Å². The van der Waals surface area contributed by atoms with Crippen LogP contribution >= 0.6 is 0 Å². The lowest BCUT2D eigenvalue weighted by molar-refractivity contribution is -0.153. The van der Waals surface area contributed by atoms with E-state index >= 15 is 0 Å². The number of amides is 3. The van der Waals surface area contributed by atoms with Gasteiger partial charge in [-0.25, -0.2) is 0 Å². The lowest BCUT2D eigenvalue weighted by Gasteiger charge is -2.42. The van der Waals surface area contributed by atoms with Gasteiger partial charge in [0.2, 0.25) is 11.8 Å². The molecular weight excluding hydrogens is 556 g/mol. The van der Waals surface area contributed by atoms with Crippen molar-refractivity contribution in [2.75, 3.05) is 49.1 Å². The summed E-state index contributed by atoms with van der Waals surface area (Å²) in [6.45, 7) is 15.1. The Balaban J connectivity index is 1.65. The molecule has 9 nitrogen and oxygen atoms in total. The van der Waals surface area contributed by atoms with Gasteiger partial charge >= 0.3 is 0 Å². The van der Waals surface area contributed by atoms with Crippen molar-refractivity contribution >= 4 is 29.1 Å². The van der Waals surface area contributed by atoms with Crippen LogP contribution < -0.4 is 9.80 Å². The van der Waals surface area contributed by atoms with Crippen LogP contribution in [0.15, 0.2) is 48.6 Å². The number of aliphatic hydroxyl groups is 1. The summed E-state index contributed by atoms with van der Waals surface area (Å²) in [5.74, 6) is -2.37. The summed E-state index contributed by atoms with van der Waals surface area (Å²) < 4.78 is 7.10. The Morgan fingerprint density at radius 2 is 1.61 bits per heavy atom. The molecule has 1 aromatic rings. The second kappa shape index (κ2) is 12.7. The second-order valence-electron chi connectivity index (χ2n) is 12.7. The number of aliphatic hydroxyl groups excluding tert-OH is 1. The Bertz CT molecular complexity index is 1290. The van der Waals surface area contributed by atoms with Gasteiger partial charge in [-0.15, -0.1) is 0 Å². The van der Waals surface area contributed by atoms with Crippen LogP contribution in [0.5, 0.6) is 0 Å². The highest BCUT2D eigenvalue weighted by atomic mass is 16.5. The van der Waals surface area contributed by atoms with Gasteiger partial charge in [0.1, 0.15) is 11.6 Å². The molecule has 1 unspecified atom stereocenters. The number of fused-ring (bicyclic) bond motifs is 2. The minimum atomic E-state index is -1.35. The SMILES string of the molecule is CCCN1CC=C[C@]2(CC)O[C@]34C=CCN(c5ccc(N(CC)CC)cc5)C(=O)C3N([C@@H](CO)[C@@H](C)CC)C(=O)[C@@H]4[C@@H]2C1=O. The quantitative estimate of drug-likeness (QED) is 0.383. The molecule has 5 rings (SSSR count). The van der Waals surface area contributed by atoms with E-state index in [2.05, 4.69) is 18.7 Å². The summed E-state index contributed by atoms with van der Waals surface area (Å²) in [5.41, 5.74) is -0.550. The highest BCUT2D eigenvalue weighted by Crippen LogP contribution is 2.59. The van der Waals surface area contributed by atoms with E-state index in [0.29, 0.717) is 26.1 Å². The van der Waals surface area contributed by atoms with Gasteiger partial charge in [0, 0.05) is 44.1 Å². The van der Waals surface area contributed by atoms with Gasteiger partial charge in [0.05, 0.1) is 30.1 Å². The van der Waals surface area contributed by atoms with Crippen LogP contribution in [0.2, 0.25) is 0 Å². The van der Waals surface area contributed by atoms with Gasteiger partial charge < -0.3 is 29.4 Å². The molecule has 4 aliphatic heterocycles. The van der Waals surface area contributed by atoms with Gasteiger partial charge in [0.25, 0.3) is 5.91 Å². The van der Waals surface area contributed by atoms with E-state index in [1.54, 1.807) is 9.80 Å². The predicted molar refractivity (Wildman–Crippen MR) is 172 cm³/mol. The van der Waals surface area contributed by atoms with Crippen LogP contribution in [0.3, 0.4) is 0 Å². The Labute approximate surface area is 262 Å². The molecular formula is C35H50N4O5. The van der Waals surface area contributed by atoms with E-state index in [0.717, 1.165) is 37.3 Å². The molecule has 1 N–H and O–H groups in total. The van der Waals surface area contributed by atoms with Crippen LogP contribution in [0.1, 0.15) is 60.8 Å². The lowest BCUT2D eigenvalue weighted by atomic mass is 9.73. The molecule has 7 atom stereocenters. The number of carbonyl (C=O) groups is 3. The number of carbonyl (C=O) groups excluding carboxylic acids is 3. The largest absolute Gasteiger partial charge is 0.394 e. The summed E-state index contributed by atoms with van der Waals surface area (Å²) in [7, 11) is 0. The zero-order chi connectivity index (χ0) is 31.8. The van der Waals surface area contributed by atoms with Crippen molar-refractivity contribution in [3.05, 3.63) is 48.6 Å². The third-order valence-electron chi connectivity index (χ3n) is 10.6. The Morgan fingerprint density at radius 1 is 0.932 bits per heavy atom. The lowest BCUT2D eigenvalue weighted by Crippen LogP contribution is -2.60. The van der Waals surface area contributed by atoms with Crippen LogP contribution in [0, 0.1) is 17.8 Å². The zero-order valence-electron chi connectivity index (χ0n) is 27.2. The third kappa shape index (κ3) is 4.87. The molecule has 0 radical (unpaired) electrons. The van der Waals surface area contributed by atoms with Gasteiger partial charge in [-0.05, 0) is 56.9 Å². The van der Waals surface area contributed by atoms with Crippen LogP contribution in [0.25, 0.3) is 0 Å². The topological polar surface area (TPSA) is 93.6 Å². The summed E-state index contributed by atoms with van der Waals surface area (Å²) in [6.07, 6.45) is 9.77. The fourth-order valence-electron chi connectivity index (χ4n) is 8.06. The van der Waals surface area contributed by atoms with Crippen molar-refractivity contribution in [3.8, 4) is 0 Å². The molecule has 9 heteroatoms. The monoisotopic (exact) mass is 606 g/mol. The van der Waals surface area contributed by atoms with E-state index in [1.165, 1.54) is 0 Å². The molecule has 2 fully saturated rings. The predicted octanol–water partition coefficient (Wildman–Crippen LogP) is 4.01. The average Bonchev–Trinajstić information content (AvgIpc) is 3.33. The minimum Gasteiger partial charge on any atom is -0.394 e. The third-order valence-corrected chi connectivity index (χ3v) is 10.6. The van der Waals surface area contributed by atoms with Crippen molar-refractivity contribution in [2.45, 2.75) is 84.1 Å². The average molecular weight is 607 g/mol. The van der Waals surface area contributed by atoms with Crippen LogP contribution in [0.4, 0.5) is 11.4 Å². The maximum absolute atomic E-state index is 14.9. The number of hydrogen-bond donors (Lipinski definition) is 1. The van der Waals surface area contributed by atoms with Crippen LogP contribution in [-0.2, 0) is 19.1 Å². The highest BCUT2D eigenvalue weighted by molar-refractivity contribution is 6.06. The molecule has 0 bridgehead atoms. The summed E-state index contributed by atoms with van der Waals surface area (Å²) in [6, 6.07) is 6.34. The number of benzene rings is 1. The molecule has 0 aromatic heterocycles. The van der Waals surface area contributed by atoms with Crippen molar-refractivity contribution < 1.29 is 24.2 Å². The molecule has 4 heterocycles. The molecule has 0 saturated carbocycles.